The minimum Gasteiger partial charge on any atom is -0.374 e. The molecule has 0 amide bonds. The lowest BCUT2D eigenvalue weighted by molar-refractivity contribution is 0.0372. The maximum absolute atomic E-state index is 15.3. The van der Waals surface area contributed by atoms with Crippen LogP contribution >= 0.6 is 0 Å². The fourth-order valence-electron chi connectivity index (χ4n) is 4.52. The number of ether oxygens (including phenoxy) is 1. The number of hydrogen-bond donors (Lipinski definition) is 2. The van der Waals surface area contributed by atoms with Crippen LogP contribution < -0.4 is 15.5 Å². The molecule has 0 bridgehead atoms. The van der Waals surface area contributed by atoms with E-state index in [0.29, 0.717) is 73.1 Å². The molecule has 0 spiro atoms. The van der Waals surface area contributed by atoms with Crippen molar-refractivity contribution in [3.8, 4) is 11.3 Å². The van der Waals surface area contributed by atoms with Crippen LogP contribution in [0.5, 0.6) is 0 Å². The molecule has 1 atom stereocenters. The van der Waals surface area contributed by atoms with Crippen LogP contribution in [0.1, 0.15) is 6.92 Å². The maximum Gasteiger partial charge on any atom is 0.213 e. The predicted octanol–water partition coefficient (Wildman–Crippen LogP) is 1.70. The van der Waals surface area contributed by atoms with Crippen molar-refractivity contribution in [2.24, 2.45) is 0 Å². The third-order valence-electron chi connectivity index (χ3n) is 6.54. The Kier molecular flexibility index (Phi) is 7.28. The number of pyridine rings is 1. The highest BCUT2D eigenvalue weighted by Crippen LogP contribution is 2.30. The van der Waals surface area contributed by atoms with E-state index in [-0.39, 0.29) is 17.7 Å². The minimum absolute atomic E-state index is 0.0143. The van der Waals surface area contributed by atoms with Gasteiger partial charge in [0.15, 0.2) is 5.82 Å². The van der Waals surface area contributed by atoms with Crippen LogP contribution in [0, 0.1) is 5.82 Å². The molecule has 1 aromatic carbocycles. The fraction of sp³-hybridized carbons (Fsp3) is 0.458. The summed E-state index contributed by atoms with van der Waals surface area (Å²) in [5.74, 6) is 0.264. The van der Waals surface area contributed by atoms with Crippen molar-refractivity contribution >= 4 is 32.6 Å². The number of sulfonamides is 1. The zero-order valence-corrected chi connectivity index (χ0v) is 21.0. The lowest BCUT2D eigenvalue weighted by atomic mass is 10.1. The minimum atomic E-state index is -3.24. The number of hydrogen-bond acceptors (Lipinski definition) is 9. The molecule has 0 aliphatic carbocycles. The van der Waals surface area contributed by atoms with Gasteiger partial charge in [0.1, 0.15) is 11.3 Å². The number of fused-ring (bicyclic) bond motifs is 1. The quantitative estimate of drug-likeness (QED) is 0.486. The van der Waals surface area contributed by atoms with Crippen molar-refractivity contribution in [3.05, 3.63) is 42.5 Å². The fourth-order valence-corrected chi connectivity index (χ4v) is 5.60. The first-order valence-corrected chi connectivity index (χ1v) is 13.8. The molecular formula is C24H30FN7O3S. The van der Waals surface area contributed by atoms with Gasteiger partial charge in [-0.25, -0.2) is 22.8 Å². The number of piperazine rings is 1. The molecule has 2 aliphatic rings. The van der Waals surface area contributed by atoms with Gasteiger partial charge in [-0.2, -0.15) is 4.31 Å². The highest BCUT2D eigenvalue weighted by atomic mass is 32.2. The molecule has 2 N–H and O–H groups in total. The molecule has 1 unspecified atom stereocenters. The second-order valence-electron chi connectivity index (χ2n) is 8.81. The van der Waals surface area contributed by atoms with Crippen molar-refractivity contribution in [1.82, 2.24) is 24.6 Å². The molecule has 12 heteroatoms. The first kappa shape index (κ1) is 24.8. The average molecular weight is 516 g/mol. The first-order valence-electron chi connectivity index (χ1n) is 12.2. The standard InChI is InChI=1S/C24H30FN7O3S/c1-2-36(33,34)32-10-8-31(9-11-32)22-4-3-17(13-19(22)25)20-14-21-23(28-6-5-27-21)24(30-20)29-16-18-15-26-7-12-35-18/h3-6,13-14,18,26H,2,7-12,15-16H2,1H3,(H,29,30). The molecule has 0 radical (unpaired) electrons. The third kappa shape index (κ3) is 5.26. The van der Waals surface area contributed by atoms with Gasteiger partial charge in [-0.3, -0.25) is 4.98 Å². The predicted molar refractivity (Wildman–Crippen MR) is 137 cm³/mol. The number of anilines is 2. The maximum atomic E-state index is 15.3. The van der Waals surface area contributed by atoms with Crippen LogP contribution in [0.25, 0.3) is 22.3 Å². The van der Waals surface area contributed by atoms with Crippen molar-refractivity contribution in [1.29, 1.82) is 0 Å². The molecule has 2 aliphatic heterocycles. The van der Waals surface area contributed by atoms with Gasteiger partial charge in [0.05, 0.1) is 35.4 Å². The van der Waals surface area contributed by atoms with Crippen LogP contribution in [0.3, 0.4) is 0 Å². The van der Waals surface area contributed by atoms with Crippen molar-refractivity contribution in [3.63, 3.8) is 0 Å². The van der Waals surface area contributed by atoms with Gasteiger partial charge >= 0.3 is 0 Å². The van der Waals surface area contributed by atoms with E-state index in [1.807, 2.05) is 11.0 Å². The van der Waals surface area contributed by atoms with Crippen LogP contribution in [-0.4, -0.2) is 92.0 Å². The summed E-state index contributed by atoms with van der Waals surface area (Å²) in [5.41, 5.74) is 2.95. The Morgan fingerprint density at radius 1 is 1.17 bits per heavy atom. The van der Waals surface area contributed by atoms with Gasteiger partial charge < -0.3 is 20.3 Å². The summed E-state index contributed by atoms with van der Waals surface area (Å²) in [6.45, 7) is 6.01. The molecule has 4 heterocycles. The summed E-state index contributed by atoms with van der Waals surface area (Å²) >= 11 is 0. The van der Waals surface area contributed by atoms with Gasteiger partial charge in [-0.1, -0.05) is 6.07 Å². The van der Waals surface area contributed by atoms with Gasteiger partial charge in [0, 0.05) is 63.8 Å². The highest BCUT2D eigenvalue weighted by molar-refractivity contribution is 7.89. The second kappa shape index (κ2) is 10.6. The number of morpholine rings is 1. The van der Waals surface area contributed by atoms with E-state index in [1.54, 1.807) is 31.5 Å². The molecule has 5 rings (SSSR count). The lowest BCUT2D eigenvalue weighted by Crippen LogP contribution is -2.49. The van der Waals surface area contributed by atoms with Crippen molar-refractivity contribution in [2.45, 2.75) is 13.0 Å². The third-order valence-corrected chi connectivity index (χ3v) is 8.42. The molecular weight excluding hydrogens is 485 g/mol. The number of rotatable bonds is 7. The normalized spacial score (nSPS) is 19.5. The smallest absolute Gasteiger partial charge is 0.213 e. The van der Waals surface area contributed by atoms with Crippen molar-refractivity contribution < 1.29 is 17.5 Å². The molecule has 10 nitrogen and oxygen atoms in total. The van der Waals surface area contributed by atoms with E-state index in [0.717, 1.165) is 13.1 Å². The SMILES string of the molecule is CCS(=O)(=O)N1CCN(c2ccc(-c3cc4nccnc4c(NCC4CNCCO4)n3)cc2F)CC1. The summed E-state index contributed by atoms with van der Waals surface area (Å²) in [5, 5.41) is 6.64. The number of nitrogens with one attached hydrogen (secondary N) is 2. The van der Waals surface area contributed by atoms with Crippen LogP contribution in [0.2, 0.25) is 0 Å². The van der Waals surface area contributed by atoms with E-state index in [4.69, 9.17) is 9.72 Å². The summed E-state index contributed by atoms with van der Waals surface area (Å²) in [4.78, 5) is 15.5. The number of nitrogens with zero attached hydrogens (tertiary/aromatic N) is 5. The van der Waals surface area contributed by atoms with Crippen LogP contribution in [0.4, 0.5) is 15.9 Å². The van der Waals surface area contributed by atoms with Gasteiger partial charge in [0.25, 0.3) is 0 Å². The average Bonchev–Trinajstić information content (AvgIpc) is 2.92. The van der Waals surface area contributed by atoms with Crippen LogP contribution in [0.15, 0.2) is 36.7 Å². The summed E-state index contributed by atoms with van der Waals surface area (Å²) in [6.07, 6.45) is 3.25. The van der Waals surface area contributed by atoms with Gasteiger partial charge in [0.2, 0.25) is 10.0 Å². The Morgan fingerprint density at radius 2 is 1.97 bits per heavy atom. The van der Waals surface area contributed by atoms with E-state index < -0.39 is 10.0 Å². The number of aromatic nitrogens is 3. The Hall–Kier alpha value is -2.93. The summed E-state index contributed by atoms with van der Waals surface area (Å²) < 4.78 is 46.7. The van der Waals surface area contributed by atoms with E-state index in [2.05, 4.69) is 20.6 Å². The molecule has 2 fully saturated rings. The van der Waals surface area contributed by atoms with E-state index in [1.165, 1.54) is 10.4 Å². The summed E-state index contributed by atoms with van der Waals surface area (Å²) in [6, 6.07) is 6.82. The Morgan fingerprint density at radius 3 is 2.69 bits per heavy atom. The number of benzene rings is 1. The summed E-state index contributed by atoms with van der Waals surface area (Å²) in [7, 11) is -3.24. The van der Waals surface area contributed by atoms with Crippen LogP contribution in [-0.2, 0) is 14.8 Å². The van der Waals surface area contributed by atoms with E-state index >= 15 is 4.39 Å². The molecule has 0 saturated carbocycles. The first-order chi connectivity index (χ1) is 17.4. The topological polar surface area (TPSA) is 113 Å². The largest absolute Gasteiger partial charge is 0.374 e. The van der Waals surface area contributed by atoms with Gasteiger partial charge in [-0.15, -0.1) is 0 Å². The zero-order valence-electron chi connectivity index (χ0n) is 20.2. The Labute approximate surface area is 209 Å². The van der Waals surface area contributed by atoms with E-state index in [9.17, 15) is 8.42 Å². The van der Waals surface area contributed by atoms with Gasteiger partial charge in [-0.05, 0) is 25.1 Å². The number of halogens is 1. The highest BCUT2D eigenvalue weighted by Gasteiger charge is 2.26. The lowest BCUT2D eigenvalue weighted by Gasteiger charge is -2.35. The Bertz CT molecular complexity index is 1330. The Balaban J connectivity index is 1.37. The van der Waals surface area contributed by atoms with Crippen molar-refractivity contribution in [2.75, 3.05) is 68.4 Å². The molecule has 36 heavy (non-hydrogen) atoms. The monoisotopic (exact) mass is 515 g/mol. The molecule has 2 aromatic heterocycles. The molecule has 192 valence electrons. The molecule has 3 aromatic rings. The second-order valence-corrected chi connectivity index (χ2v) is 11.1. The molecule has 2 saturated heterocycles. The zero-order chi connectivity index (χ0) is 25.1.